The summed E-state index contributed by atoms with van der Waals surface area (Å²) in [6.07, 6.45) is 0.967. The molecule has 0 radical (unpaired) electrons. The lowest BCUT2D eigenvalue weighted by molar-refractivity contribution is 0.0867. The van der Waals surface area contributed by atoms with Gasteiger partial charge in [0.05, 0.1) is 12.1 Å². The first-order valence-electron chi connectivity index (χ1n) is 7.99. The maximum atomic E-state index is 12.1. The molecule has 2 aromatic rings. The van der Waals surface area contributed by atoms with Crippen molar-refractivity contribution < 1.29 is 14.3 Å². The number of aromatic nitrogens is 2. The number of nitrogens with one attached hydrogen (secondary N) is 1. The predicted molar refractivity (Wildman–Crippen MR) is 93.0 cm³/mol. The topological polar surface area (TPSA) is 103 Å². The molecule has 0 saturated carbocycles. The first-order chi connectivity index (χ1) is 12.2. The summed E-state index contributed by atoms with van der Waals surface area (Å²) in [6, 6.07) is 11.1. The molecule has 0 aliphatic carbocycles. The Labute approximate surface area is 146 Å². The van der Waals surface area contributed by atoms with Crippen LogP contribution in [-0.4, -0.2) is 48.4 Å². The van der Waals surface area contributed by atoms with Crippen molar-refractivity contribution in [2.45, 2.75) is 18.8 Å². The van der Waals surface area contributed by atoms with Crippen LogP contribution in [0.4, 0.5) is 16.6 Å². The van der Waals surface area contributed by atoms with Gasteiger partial charge in [0.1, 0.15) is 12.4 Å². The fourth-order valence-electron chi connectivity index (χ4n) is 2.79. The van der Waals surface area contributed by atoms with Crippen molar-refractivity contribution in [3.8, 4) is 0 Å². The third kappa shape index (κ3) is 4.36. The second-order valence-corrected chi connectivity index (χ2v) is 5.76. The van der Waals surface area contributed by atoms with E-state index in [1.165, 1.54) is 0 Å². The molecule has 132 valence electrons. The molecule has 1 aromatic heterocycles. The summed E-state index contributed by atoms with van der Waals surface area (Å²) in [5.74, 6) is 0.918. The van der Waals surface area contributed by atoms with E-state index in [4.69, 9.17) is 15.2 Å². The minimum Gasteiger partial charge on any atom is -0.445 e. The molecule has 1 aliphatic heterocycles. The number of carbonyl (C=O) groups excluding carboxylic acids is 1. The Morgan fingerprint density at radius 1 is 1.32 bits per heavy atom. The first-order valence-corrected chi connectivity index (χ1v) is 7.99. The average molecular weight is 343 g/mol. The molecular weight excluding hydrogens is 322 g/mol. The van der Waals surface area contributed by atoms with Gasteiger partial charge in [0.25, 0.3) is 0 Å². The standard InChI is InChI=1S/C17H21N5O3/c1-24-14-10-22(15-7-8-19-16(18)21-15)9-13(14)20-17(23)25-11-12-5-3-2-4-6-12/h2-8,13-14H,9-11H2,1H3,(H,20,23)(H2,18,19,21)/t13-,14-/m0/s1. The molecule has 3 rings (SSSR count). The summed E-state index contributed by atoms with van der Waals surface area (Å²) < 4.78 is 10.8. The van der Waals surface area contributed by atoms with Crippen LogP contribution in [0.15, 0.2) is 42.6 Å². The summed E-state index contributed by atoms with van der Waals surface area (Å²) in [4.78, 5) is 22.2. The zero-order valence-electron chi connectivity index (χ0n) is 14.0. The predicted octanol–water partition coefficient (Wildman–Crippen LogP) is 1.19. The van der Waals surface area contributed by atoms with Gasteiger partial charge in [-0.05, 0) is 11.6 Å². The molecule has 1 amide bonds. The molecule has 2 heterocycles. The van der Waals surface area contributed by atoms with Gasteiger partial charge in [-0.1, -0.05) is 30.3 Å². The number of benzene rings is 1. The van der Waals surface area contributed by atoms with Gasteiger partial charge in [0, 0.05) is 26.4 Å². The van der Waals surface area contributed by atoms with E-state index >= 15 is 0 Å². The number of nitrogens with two attached hydrogens (primary N) is 1. The number of carbonyl (C=O) groups is 1. The summed E-state index contributed by atoms with van der Waals surface area (Å²) in [7, 11) is 1.62. The van der Waals surface area contributed by atoms with Crippen LogP contribution in [-0.2, 0) is 16.1 Å². The number of rotatable bonds is 5. The molecule has 1 aromatic carbocycles. The Hall–Kier alpha value is -2.87. The van der Waals surface area contributed by atoms with E-state index < -0.39 is 6.09 Å². The van der Waals surface area contributed by atoms with Crippen LogP contribution in [0, 0.1) is 0 Å². The number of amides is 1. The number of anilines is 2. The lowest BCUT2D eigenvalue weighted by atomic mass is 10.2. The highest BCUT2D eigenvalue weighted by Gasteiger charge is 2.35. The Balaban J connectivity index is 1.56. The van der Waals surface area contributed by atoms with Gasteiger partial charge in [-0.25, -0.2) is 9.78 Å². The Morgan fingerprint density at radius 3 is 2.84 bits per heavy atom. The zero-order valence-corrected chi connectivity index (χ0v) is 14.0. The van der Waals surface area contributed by atoms with E-state index in [1.54, 1.807) is 19.4 Å². The minimum atomic E-state index is -0.472. The second-order valence-electron chi connectivity index (χ2n) is 5.76. The number of hydrogen-bond donors (Lipinski definition) is 2. The van der Waals surface area contributed by atoms with E-state index in [2.05, 4.69) is 15.3 Å². The minimum absolute atomic E-state index is 0.166. The molecule has 1 fully saturated rings. The molecule has 0 spiro atoms. The highest BCUT2D eigenvalue weighted by atomic mass is 16.5. The molecule has 1 aliphatic rings. The number of nitrogens with zero attached hydrogens (tertiary/aromatic N) is 3. The number of ether oxygens (including phenoxy) is 2. The van der Waals surface area contributed by atoms with Crippen LogP contribution in [0.25, 0.3) is 0 Å². The third-order valence-corrected chi connectivity index (χ3v) is 4.07. The van der Waals surface area contributed by atoms with Crippen LogP contribution in [0.3, 0.4) is 0 Å². The van der Waals surface area contributed by atoms with Crippen molar-refractivity contribution in [3.05, 3.63) is 48.2 Å². The van der Waals surface area contributed by atoms with Crippen molar-refractivity contribution in [3.63, 3.8) is 0 Å². The molecular formula is C17H21N5O3. The Morgan fingerprint density at radius 2 is 2.12 bits per heavy atom. The zero-order chi connectivity index (χ0) is 17.6. The monoisotopic (exact) mass is 343 g/mol. The fourth-order valence-corrected chi connectivity index (χ4v) is 2.79. The Bertz CT molecular complexity index is 712. The molecule has 0 unspecified atom stereocenters. The fraction of sp³-hybridized carbons (Fsp3) is 0.353. The summed E-state index contributed by atoms with van der Waals surface area (Å²) in [5, 5.41) is 2.86. The lowest BCUT2D eigenvalue weighted by Gasteiger charge is -2.18. The molecule has 25 heavy (non-hydrogen) atoms. The summed E-state index contributed by atoms with van der Waals surface area (Å²) >= 11 is 0. The van der Waals surface area contributed by atoms with Crippen LogP contribution >= 0.6 is 0 Å². The Kier molecular flexibility index (Phi) is 5.30. The van der Waals surface area contributed by atoms with Gasteiger partial charge in [-0.2, -0.15) is 4.98 Å². The first kappa shape index (κ1) is 17.0. The number of methoxy groups -OCH3 is 1. The number of nitrogen functional groups attached to an aromatic ring is 1. The van der Waals surface area contributed by atoms with E-state index in [0.29, 0.717) is 18.9 Å². The van der Waals surface area contributed by atoms with E-state index in [1.807, 2.05) is 35.2 Å². The molecule has 0 bridgehead atoms. The summed E-state index contributed by atoms with van der Waals surface area (Å²) in [6.45, 7) is 1.37. The highest BCUT2D eigenvalue weighted by molar-refractivity contribution is 5.68. The summed E-state index contributed by atoms with van der Waals surface area (Å²) in [5.41, 5.74) is 6.57. The van der Waals surface area contributed by atoms with Gasteiger partial charge in [0.15, 0.2) is 0 Å². The van der Waals surface area contributed by atoms with Crippen molar-refractivity contribution in [2.75, 3.05) is 30.8 Å². The maximum absolute atomic E-state index is 12.1. The van der Waals surface area contributed by atoms with Crippen molar-refractivity contribution >= 4 is 17.9 Å². The van der Waals surface area contributed by atoms with Crippen LogP contribution in [0.1, 0.15) is 5.56 Å². The maximum Gasteiger partial charge on any atom is 0.407 e. The van der Waals surface area contributed by atoms with E-state index in [-0.39, 0.29) is 24.7 Å². The van der Waals surface area contributed by atoms with Gasteiger partial charge in [-0.15, -0.1) is 0 Å². The molecule has 3 N–H and O–H groups in total. The van der Waals surface area contributed by atoms with Crippen molar-refractivity contribution in [1.82, 2.24) is 15.3 Å². The highest BCUT2D eigenvalue weighted by Crippen LogP contribution is 2.20. The third-order valence-electron chi connectivity index (χ3n) is 4.07. The van der Waals surface area contributed by atoms with Gasteiger partial charge in [-0.3, -0.25) is 0 Å². The quantitative estimate of drug-likeness (QED) is 0.840. The molecule has 2 atom stereocenters. The number of alkyl carbamates (subject to hydrolysis) is 1. The van der Waals surface area contributed by atoms with Crippen molar-refractivity contribution in [1.29, 1.82) is 0 Å². The largest absolute Gasteiger partial charge is 0.445 e. The average Bonchev–Trinajstić information content (AvgIpc) is 3.04. The SMILES string of the molecule is CO[C@H]1CN(c2ccnc(N)n2)C[C@@H]1NC(=O)OCc1ccccc1. The second kappa shape index (κ2) is 7.80. The number of hydrogen-bond acceptors (Lipinski definition) is 7. The molecule has 8 nitrogen and oxygen atoms in total. The molecule has 1 saturated heterocycles. The van der Waals surface area contributed by atoms with Crippen molar-refractivity contribution in [2.24, 2.45) is 0 Å². The smallest absolute Gasteiger partial charge is 0.407 e. The lowest BCUT2D eigenvalue weighted by Crippen LogP contribution is -2.43. The van der Waals surface area contributed by atoms with Crippen LogP contribution < -0.4 is 16.0 Å². The van der Waals surface area contributed by atoms with E-state index in [0.717, 1.165) is 5.56 Å². The van der Waals surface area contributed by atoms with Gasteiger partial charge in [0.2, 0.25) is 5.95 Å². The van der Waals surface area contributed by atoms with Crippen LogP contribution in [0.2, 0.25) is 0 Å². The van der Waals surface area contributed by atoms with Crippen LogP contribution in [0.5, 0.6) is 0 Å². The normalized spacial score (nSPS) is 19.6. The van der Waals surface area contributed by atoms with Gasteiger partial charge >= 0.3 is 6.09 Å². The molecule has 8 heteroatoms. The van der Waals surface area contributed by atoms with E-state index in [9.17, 15) is 4.79 Å². The van der Waals surface area contributed by atoms with Gasteiger partial charge < -0.3 is 25.4 Å².